The number of nitrogens with zero attached hydrogens (tertiary/aromatic N) is 4. The van der Waals surface area contributed by atoms with E-state index in [1.165, 1.54) is 11.8 Å². The summed E-state index contributed by atoms with van der Waals surface area (Å²) in [7, 11) is 1.60. The summed E-state index contributed by atoms with van der Waals surface area (Å²) >= 11 is 1.40. The third kappa shape index (κ3) is 3.38. The largest absolute Gasteiger partial charge is 0.496 e. The normalized spacial score (nSPS) is 11.1. The summed E-state index contributed by atoms with van der Waals surface area (Å²) in [6.45, 7) is 2.46. The minimum absolute atomic E-state index is 0.0455. The van der Waals surface area contributed by atoms with Crippen LogP contribution in [0.4, 0.5) is 0 Å². The highest BCUT2D eigenvalue weighted by molar-refractivity contribution is 7.98. The maximum Gasteiger partial charge on any atom is 0.262 e. The van der Waals surface area contributed by atoms with Crippen molar-refractivity contribution >= 4 is 22.7 Å². The van der Waals surface area contributed by atoms with Gasteiger partial charge in [0.1, 0.15) is 5.75 Å². The van der Waals surface area contributed by atoms with E-state index in [-0.39, 0.29) is 5.56 Å². The van der Waals surface area contributed by atoms with Gasteiger partial charge < -0.3 is 9.26 Å². The molecule has 7 nitrogen and oxygen atoms in total. The Kier molecular flexibility index (Phi) is 5.12. The quantitative estimate of drug-likeness (QED) is 0.364. The highest BCUT2D eigenvalue weighted by atomic mass is 32.2. The third-order valence-corrected chi connectivity index (χ3v) is 5.24. The number of methoxy groups -OCH3 is 1. The highest BCUT2D eigenvalue weighted by Crippen LogP contribution is 2.28. The van der Waals surface area contributed by atoms with Gasteiger partial charge in [-0.25, -0.2) is 4.98 Å². The van der Waals surface area contributed by atoms with Crippen molar-refractivity contribution in [3.63, 3.8) is 0 Å². The average Bonchev–Trinajstić information content (AvgIpc) is 3.21. The van der Waals surface area contributed by atoms with Crippen molar-refractivity contribution in [1.82, 2.24) is 19.7 Å². The minimum Gasteiger partial charge on any atom is -0.496 e. The van der Waals surface area contributed by atoms with Crippen molar-refractivity contribution < 1.29 is 9.26 Å². The Morgan fingerprint density at radius 1 is 1.11 bits per heavy atom. The van der Waals surface area contributed by atoms with Crippen LogP contribution in [-0.4, -0.2) is 26.8 Å². The third-order valence-electron chi connectivity index (χ3n) is 4.28. The van der Waals surface area contributed by atoms with Crippen molar-refractivity contribution in [3.05, 3.63) is 64.8 Å². The molecule has 0 saturated carbocycles. The number of aromatic nitrogens is 4. The molecule has 4 aromatic rings. The topological polar surface area (TPSA) is 83.0 Å². The number of benzene rings is 2. The van der Waals surface area contributed by atoms with Crippen molar-refractivity contribution in [1.29, 1.82) is 0 Å². The van der Waals surface area contributed by atoms with E-state index in [4.69, 9.17) is 9.26 Å². The summed E-state index contributed by atoms with van der Waals surface area (Å²) in [6, 6.07) is 14.8. The van der Waals surface area contributed by atoms with Crippen molar-refractivity contribution in [2.45, 2.75) is 24.4 Å². The summed E-state index contributed by atoms with van der Waals surface area (Å²) in [5.74, 6) is 2.01. The van der Waals surface area contributed by atoms with E-state index in [2.05, 4.69) is 15.1 Å². The zero-order chi connectivity index (χ0) is 19.5. The fourth-order valence-electron chi connectivity index (χ4n) is 2.92. The molecule has 2 aromatic carbocycles. The van der Waals surface area contributed by atoms with Crippen molar-refractivity contribution in [2.75, 3.05) is 7.11 Å². The van der Waals surface area contributed by atoms with Crippen molar-refractivity contribution in [2.24, 2.45) is 0 Å². The van der Waals surface area contributed by atoms with E-state index in [9.17, 15) is 4.79 Å². The lowest BCUT2D eigenvalue weighted by atomic mass is 10.2. The van der Waals surface area contributed by atoms with Gasteiger partial charge in [0.15, 0.2) is 5.16 Å². The molecule has 0 unspecified atom stereocenters. The van der Waals surface area contributed by atoms with Crippen LogP contribution in [0.25, 0.3) is 22.3 Å². The zero-order valence-corrected chi connectivity index (χ0v) is 16.3. The Morgan fingerprint density at radius 3 is 2.71 bits per heavy atom. The van der Waals surface area contributed by atoms with Gasteiger partial charge in [-0.15, -0.1) is 0 Å². The van der Waals surface area contributed by atoms with Crippen LogP contribution in [0.3, 0.4) is 0 Å². The number of hydrogen-bond donors (Lipinski definition) is 0. The number of ether oxygens (including phenoxy) is 1. The Bertz CT molecular complexity index is 1190. The predicted octanol–water partition coefficient (Wildman–Crippen LogP) is 3.77. The van der Waals surface area contributed by atoms with Crippen LogP contribution in [0, 0.1) is 0 Å². The number of thioether (sulfide) groups is 1. The first-order valence-electron chi connectivity index (χ1n) is 8.79. The van der Waals surface area contributed by atoms with Crippen LogP contribution in [0.5, 0.6) is 5.75 Å². The Labute approximate surface area is 165 Å². The van der Waals surface area contributed by atoms with Gasteiger partial charge in [-0.05, 0) is 31.2 Å². The lowest BCUT2D eigenvalue weighted by molar-refractivity contribution is 0.390. The van der Waals surface area contributed by atoms with E-state index in [1.54, 1.807) is 17.7 Å². The number of para-hydroxylation sites is 2. The Balaban J connectivity index is 1.60. The molecule has 8 heteroatoms. The molecule has 28 heavy (non-hydrogen) atoms. The van der Waals surface area contributed by atoms with Gasteiger partial charge in [-0.3, -0.25) is 9.36 Å². The summed E-state index contributed by atoms with van der Waals surface area (Å²) < 4.78 is 12.4. The molecular weight excluding hydrogens is 376 g/mol. The molecule has 0 N–H and O–H groups in total. The molecule has 0 radical (unpaired) electrons. The van der Waals surface area contributed by atoms with E-state index in [0.717, 1.165) is 5.56 Å². The minimum atomic E-state index is -0.0455. The number of rotatable bonds is 6. The molecule has 2 heterocycles. The first kappa shape index (κ1) is 18.2. The fraction of sp³-hybridized carbons (Fsp3) is 0.200. The van der Waals surface area contributed by atoms with Gasteiger partial charge in [0, 0.05) is 6.54 Å². The molecule has 0 amide bonds. The molecule has 0 aliphatic heterocycles. The molecule has 0 bridgehead atoms. The van der Waals surface area contributed by atoms with Gasteiger partial charge >= 0.3 is 0 Å². The molecule has 2 aromatic heterocycles. The van der Waals surface area contributed by atoms with Crippen LogP contribution in [0.15, 0.2) is 63.0 Å². The smallest absolute Gasteiger partial charge is 0.262 e. The fourth-order valence-corrected chi connectivity index (χ4v) is 3.82. The van der Waals surface area contributed by atoms with Crippen LogP contribution >= 0.6 is 11.8 Å². The predicted molar refractivity (Wildman–Crippen MR) is 108 cm³/mol. The van der Waals surface area contributed by atoms with E-state index in [1.807, 2.05) is 49.4 Å². The average molecular weight is 394 g/mol. The van der Waals surface area contributed by atoms with Crippen LogP contribution in [-0.2, 0) is 12.3 Å². The molecule has 0 aliphatic rings. The molecular formula is C20H18N4O3S. The highest BCUT2D eigenvalue weighted by Gasteiger charge is 2.15. The number of fused-ring (bicyclic) bond motifs is 1. The second-order valence-corrected chi connectivity index (χ2v) is 6.90. The second kappa shape index (κ2) is 7.85. The van der Waals surface area contributed by atoms with Gasteiger partial charge in [0.2, 0.25) is 11.7 Å². The number of hydrogen-bond acceptors (Lipinski definition) is 7. The maximum atomic E-state index is 12.7. The Morgan fingerprint density at radius 2 is 1.89 bits per heavy atom. The Hall–Kier alpha value is -3.13. The molecule has 0 fully saturated rings. The van der Waals surface area contributed by atoms with E-state index in [0.29, 0.717) is 45.8 Å². The van der Waals surface area contributed by atoms with Gasteiger partial charge in [-0.1, -0.05) is 41.2 Å². The first-order chi connectivity index (χ1) is 13.7. The zero-order valence-electron chi connectivity index (χ0n) is 15.5. The molecule has 4 rings (SSSR count). The molecule has 0 spiro atoms. The van der Waals surface area contributed by atoms with Crippen molar-refractivity contribution in [3.8, 4) is 17.1 Å². The summed E-state index contributed by atoms with van der Waals surface area (Å²) in [5, 5.41) is 5.29. The van der Waals surface area contributed by atoms with Crippen LogP contribution in [0.1, 0.15) is 12.8 Å². The van der Waals surface area contributed by atoms with E-state index >= 15 is 0 Å². The van der Waals surface area contributed by atoms with Crippen LogP contribution in [0.2, 0.25) is 0 Å². The second-order valence-electron chi connectivity index (χ2n) is 5.96. The first-order valence-corrected chi connectivity index (χ1v) is 9.78. The molecule has 0 aliphatic carbocycles. The summed E-state index contributed by atoms with van der Waals surface area (Å²) in [4.78, 5) is 21.8. The SMILES string of the molecule is CCn1c(SCc2nc(-c3ccccc3OC)no2)nc2ccccc2c1=O. The summed E-state index contributed by atoms with van der Waals surface area (Å²) in [6.07, 6.45) is 0. The van der Waals surface area contributed by atoms with Gasteiger partial charge in [0.05, 0.1) is 29.3 Å². The summed E-state index contributed by atoms with van der Waals surface area (Å²) in [5.41, 5.74) is 1.40. The molecule has 0 atom stereocenters. The van der Waals surface area contributed by atoms with Gasteiger partial charge in [-0.2, -0.15) is 4.98 Å². The van der Waals surface area contributed by atoms with E-state index < -0.39 is 0 Å². The lowest BCUT2D eigenvalue weighted by Gasteiger charge is -2.10. The monoisotopic (exact) mass is 394 g/mol. The maximum absolute atomic E-state index is 12.7. The van der Waals surface area contributed by atoms with Gasteiger partial charge in [0.25, 0.3) is 5.56 Å². The molecule has 0 saturated heterocycles. The standard InChI is InChI=1S/C20H18N4O3S/c1-3-24-19(25)13-8-4-6-10-15(13)21-20(24)28-12-17-22-18(23-27-17)14-9-5-7-11-16(14)26-2/h4-11H,3,12H2,1-2H3. The lowest BCUT2D eigenvalue weighted by Crippen LogP contribution is -2.22. The van der Waals surface area contributed by atoms with Crippen LogP contribution < -0.4 is 10.3 Å². The molecule has 142 valence electrons.